The average Bonchev–Trinajstić information content (AvgIpc) is 2.03. The Morgan fingerprint density at radius 2 is 2.45 bits per heavy atom. The second-order valence-electron chi connectivity index (χ2n) is 2.46. The van der Waals surface area contributed by atoms with Gasteiger partial charge in [0.25, 0.3) is 0 Å². The number of aryl methyl sites for hydroxylation is 1. The van der Waals surface area contributed by atoms with Crippen molar-refractivity contribution in [2.24, 2.45) is 5.73 Å². The molecule has 3 heteroatoms. The number of pyridine rings is 1. The summed E-state index contributed by atoms with van der Waals surface area (Å²) in [4.78, 5) is 3.86. The van der Waals surface area contributed by atoms with Gasteiger partial charge in [0.05, 0.1) is 5.69 Å². The number of hydrogen-bond acceptors (Lipinski definition) is 2. The fourth-order valence-electron chi connectivity index (χ4n) is 0.852. The standard InChI is InChI=1S/C8H11FN2/c1-6-2-3-11-8(4-6)7(9)5-10/h2-4,7H,5,10H2,1H3. The van der Waals surface area contributed by atoms with Gasteiger partial charge in [-0.1, -0.05) is 0 Å². The molecule has 0 spiro atoms. The summed E-state index contributed by atoms with van der Waals surface area (Å²) in [6.45, 7) is 1.89. The maximum Gasteiger partial charge on any atom is 0.154 e. The van der Waals surface area contributed by atoms with Gasteiger partial charge in [-0.2, -0.15) is 0 Å². The van der Waals surface area contributed by atoms with Crippen LogP contribution in [-0.2, 0) is 0 Å². The summed E-state index contributed by atoms with van der Waals surface area (Å²) in [6, 6.07) is 3.53. The molecule has 0 bridgehead atoms. The monoisotopic (exact) mass is 154 g/mol. The number of nitrogens with two attached hydrogens (primary N) is 1. The fourth-order valence-corrected chi connectivity index (χ4v) is 0.852. The smallest absolute Gasteiger partial charge is 0.154 e. The first-order valence-electron chi connectivity index (χ1n) is 3.50. The third-order valence-corrected chi connectivity index (χ3v) is 1.46. The molecule has 0 amide bonds. The van der Waals surface area contributed by atoms with Gasteiger partial charge in [-0.05, 0) is 24.6 Å². The third kappa shape index (κ3) is 1.98. The van der Waals surface area contributed by atoms with E-state index in [0.717, 1.165) is 5.56 Å². The van der Waals surface area contributed by atoms with Crippen LogP contribution in [0.25, 0.3) is 0 Å². The number of rotatable bonds is 2. The molecule has 1 unspecified atom stereocenters. The summed E-state index contributed by atoms with van der Waals surface area (Å²) >= 11 is 0. The van der Waals surface area contributed by atoms with Crippen molar-refractivity contribution in [1.82, 2.24) is 4.98 Å². The number of alkyl halides is 1. The normalized spacial score (nSPS) is 13.0. The molecule has 0 radical (unpaired) electrons. The minimum Gasteiger partial charge on any atom is -0.327 e. The van der Waals surface area contributed by atoms with Crippen LogP contribution in [0.4, 0.5) is 4.39 Å². The molecule has 1 aromatic rings. The highest BCUT2D eigenvalue weighted by atomic mass is 19.1. The van der Waals surface area contributed by atoms with Crippen molar-refractivity contribution < 1.29 is 4.39 Å². The highest BCUT2D eigenvalue weighted by Crippen LogP contribution is 2.13. The minimum atomic E-state index is -1.13. The summed E-state index contributed by atoms with van der Waals surface area (Å²) < 4.78 is 12.9. The maximum atomic E-state index is 12.9. The van der Waals surface area contributed by atoms with Gasteiger partial charge in [0.1, 0.15) is 0 Å². The summed E-state index contributed by atoms with van der Waals surface area (Å²) in [5, 5.41) is 0. The first-order chi connectivity index (χ1) is 5.24. The van der Waals surface area contributed by atoms with Gasteiger partial charge in [0.2, 0.25) is 0 Å². The molecule has 11 heavy (non-hydrogen) atoms. The topological polar surface area (TPSA) is 38.9 Å². The minimum absolute atomic E-state index is 0.00352. The predicted molar refractivity (Wildman–Crippen MR) is 41.9 cm³/mol. The molecule has 2 nitrogen and oxygen atoms in total. The molecule has 0 fully saturated rings. The van der Waals surface area contributed by atoms with E-state index < -0.39 is 6.17 Å². The Morgan fingerprint density at radius 1 is 1.73 bits per heavy atom. The quantitative estimate of drug-likeness (QED) is 0.698. The van der Waals surface area contributed by atoms with E-state index in [0.29, 0.717) is 5.69 Å². The SMILES string of the molecule is Cc1ccnc(C(F)CN)c1. The number of nitrogens with zero attached hydrogens (tertiary/aromatic N) is 1. The number of aromatic nitrogens is 1. The Labute approximate surface area is 65.3 Å². The van der Waals surface area contributed by atoms with E-state index in [2.05, 4.69) is 4.98 Å². The van der Waals surface area contributed by atoms with Crippen LogP contribution in [0, 0.1) is 6.92 Å². The van der Waals surface area contributed by atoms with E-state index >= 15 is 0 Å². The van der Waals surface area contributed by atoms with Crippen LogP contribution in [-0.4, -0.2) is 11.5 Å². The lowest BCUT2D eigenvalue weighted by atomic mass is 10.2. The van der Waals surface area contributed by atoms with Crippen LogP contribution in [0.5, 0.6) is 0 Å². The number of hydrogen-bond donors (Lipinski definition) is 1. The Morgan fingerprint density at radius 3 is 3.00 bits per heavy atom. The van der Waals surface area contributed by atoms with Crippen molar-refractivity contribution in [3.05, 3.63) is 29.6 Å². The van der Waals surface area contributed by atoms with E-state index in [1.54, 1.807) is 12.3 Å². The molecule has 0 aliphatic rings. The highest BCUT2D eigenvalue weighted by molar-refractivity contribution is 5.16. The van der Waals surface area contributed by atoms with Gasteiger partial charge in [-0.25, -0.2) is 4.39 Å². The molecule has 2 N–H and O–H groups in total. The van der Waals surface area contributed by atoms with Crippen LogP contribution in [0.15, 0.2) is 18.3 Å². The lowest BCUT2D eigenvalue weighted by Crippen LogP contribution is -2.09. The van der Waals surface area contributed by atoms with Crippen molar-refractivity contribution in [1.29, 1.82) is 0 Å². The predicted octanol–water partition coefficient (Wildman–Crippen LogP) is 1.36. The molecule has 0 aromatic carbocycles. The first-order valence-corrected chi connectivity index (χ1v) is 3.50. The Kier molecular flexibility index (Phi) is 2.54. The largest absolute Gasteiger partial charge is 0.327 e. The summed E-state index contributed by atoms with van der Waals surface area (Å²) in [7, 11) is 0. The van der Waals surface area contributed by atoms with Crippen LogP contribution in [0.2, 0.25) is 0 Å². The van der Waals surface area contributed by atoms with E-state index in [9.17, 15) is 4.39 Å². The van der Waals surface area contributed by atoms with Crippen LogP contribution < -0.4 is 5.73 Å². The molecule has 1 aromatic heterocycles. The van der Waals surface area contributed by atoms with Crippen molar-refractivity contribution in [2.75, 3.05) is 6.54 Å². The molecule has 0 aliphatic carbocycles. The van der Waals surface area contributed by atoms with Gasteiger partial charge in [0, 0.05) is 12.7 Å². The van der Waals surface area contributed by atoms with Crippen molar-refractivity contribution in [3.8, 4) is 0 Å². The second kappa shape index (κ2) is 3.44. The van der Waals surface area contributed by atoms with Crippen molar-refractivity contribution in [3.63, 3.8) is 0 Å². The van der Waals surface area contributed by atoms with E-state index in [4.69, 9.17) is 5.73 Å². The fraction of sp³-hybridized carbons (Fsp3) is 0.375. The van der Waals surface area contributed by atoms with E-state index in [1.807, 2.05) is 13.0 Å². The van der Waals surface area contributed by atoms with Crippen molar-refractivity contribution in [2.45, 2.75) is 13.1 Å². The molecule has 60 valence electrons. The van der Waals surface area contributed by atoms with Gasteiger partial charge in [-0.15, -0.1) is 0 Å². The zero-order valence-electron chi connectivity index (χ0n) is 6.42. The van der Waals surface area contributed by atoms with Gasteiger partial charge in [-0.3, -0.25) is 4.98 Å². The molecular formula is C8H11FN2. The third-order valence-electron chi connectivity index (χ3n) is 1.46. The molecule has 1 heterocycles. The summed E-state index contributed by atoms with van der Waals surface area (Å²) in [6.07, 6.45) is 0.460. The molecule has 0 saturated heterocycles. The zero-order valence-corrected chi connectivity index (χ0v) is 6.42. The summed E-state index contributed by atoms with van der Waals surface area (Å²) in [5.74, 6) is 0. The highest BCUT2D eigenvalue weighted by Gasteiger charge is 2.07. The van der Waals surface area contributed by atoms with Crippen LogP contribution in [0.3, 0.4) is 0 Å². The van der Waals surface area contributed by atoms with Gasteiger partial charge in [0.15, 0.2) is 6.17 Å². The Bertz CT molecular complexity index is 237. The first kappa shape index (κ1) is 8.14. The van der Waals surface area contributed by atoms with Gasteiger partial charge < -0.3 is 5.73 Å². The van der Waals surface area contributed by atoms with E-state index in [1.165, 1.54) is 0 Å². The molecule has 0 aliphatic heterocycles. The molecule has 0 saturated carbocycles. The van der Waals surface area contributed by atoms with Crippen LogP contribution >= 0.6 is 0 Å². The van der Waals surface area contributed by atoms with E-state index in [-0.39, 0.29) is 6.54 Å². The molecular weight excluding hydrogens is 143 g/mol. The Hall–Kier alpha value is -0.960. The van der Waals surface area contributed by atoms with Crippen LogP contribution in [0.1, 0.15) is 17.4 Å². The lowest BCUT2D eigenvalue weighted by molar-refractivity contribution is 0.345. The van der Waals surface area contributed by atoms with Crippen molar-refractivity contribution >= 4 is 0 Å². The molecule has 1 rings (SSSR count). The lowest BCUT2D eigenvalue weighted by Gasteiger charge is -2.03. The average molecular weight is 154 g/mol. The maximum absolute atomic E-state index is 12.9. The second-order valence-corrected chi connectivity index (χ2v) is 2.46. The molecule has 1 atom stereocenters. The summed E-state index contributed by atoms with van der Waals surface area (Å²) in [5.41, 5.74) is 6.57. The van der Waals surface area contributed by atoms with Gasteiger partial charge >= 0.3 is 0 Å². The number of halogens is 1. The Balaban J connectivity index is 2.86. The zero-order chi connectivity index (χ0) is 8.27.